The third-order valence-electron chi connectivity index (χ3n) is 5.02. The molecule has 1 saturated heterocycles. The molecule has 2 amide bonds. The molecule has 3 rings (SSSR count). The summed E-state index contributed by atoms with van der Waals surface area (Å²) < 4.78 is 5.74. The Labute approximate surface area is 171 Å². The molecule has 3 N–H and O–H groups in total. The molecular weight excluding hydrogens is 368 g/mol. The van der Waals surface area contributed by atoms with Crippen molar-refractivity contribution in [3.63, 3.8) is 0 Å². The van der Waals surface area contributed by atoms with E-state index < -0.39 is 0 Å². The van der Waals surface area contributed by atoms with E-state index in [2.05, 4.69) is 21.6 Å². The maximum Gasteiger partial charge on any atom is 0.279 e. The highest BCUT2D eigenvalue weighted by atomic mass is 16.5. The highest BCUT2D eigenvalue weighted by molar-refractivity contribution is 5.97. The normalized spacial score (nSPS) is 14.3. The van der Waals surface area contributed by atoms with Crippen molar-refractivity contribution in [2.24, 2.45) is 0 Å². The summed E-state index contributed by atoms with van der Waals surface area (Å²) in [4.78, 5) is 27.8. The van der Waals surface area contributed by atoms with Crippen LogP contribution in [0.15, 0.2) is 48.5 Å². The molecule has 29 heavy (non-hydrogen) atoms. The van der Waals surface area contributed by atoms with Crippen molar-refractivity contribution in [3.05, 3.63) is 54.1 Å². The molecule has 1 fully saturated rings. The zero-order valence-electron chi connectivity index (χ0n) is 17.0. The summed E-state index contributed by atoms with van der Waals surface area (Å²) in [6.45, 7) is 6.55. The Kier molecular flexibility index (Phi) is 7.08. The van der Waals surface area contributed by atoms with Crippen molar-refractivity contribution >= 4 is 23.2 Å². The van der Waals surface area contributed by atoms with Crippen LogP contribution in [0.5, 0.6) is 5.75 Å². The largest absolute Gasteiger partial charge is 0.492 e. The van der Waals surface area contributed by atoms with E-state index in [1.165, 1.54) is 4.90 Å². The lowest BCUT2D eigenvalue weighted by atomic mass is 10.2. The van der Waals surface area contributed by atoms with Gasteiger partial charge in [0.25, 0.3) is 11.8 Å². The van der Waals surface area contributed by atoms with E-state index >= 15 is 0 Å². The number of quaternary nitrogens is 1. The summed E-state index contributed by atoms with van der Waals surface area (Å²) in [5, 5.41) is 5.49. The highest BCUT2D eigenvalue weighted by Gasteiger charge is 2.24. The number of amides is 2. The van der Waals surface area contributed by atoms with Gasteiger partial charge in [0.15, 0.2) is 6.54 Å². The van der Waals surface area contributed by atoms with Crippen molar-refractivity contribution in [2.75, 3.05) is 56.6 Å². The lowest BCUT2D eigenvalue weighted by Gasteiger charge is -2.34. The van der Waals surface area contributed by atoms with Crippen molar-refractivity contribution in [1.29, 1.82) is 0 Å². The molecule has 1 aliphatic rings. The minimum atomic E-state index is -0.171. The first-order valence-electron chi connectivity index (χ1n) is 10.0. The third-order valence-corrected chi connectivity index (χ3v) is 5.02. The first kappa shape index (κ1) is 20.7. The summed E-state index contributed by atoms with van der Waals surface area (Å²) >= 11 is 0. The van der Waals surface area contributed by atoms with Crippen LogP contribution in [-0.2, 0) is 4.79 Å². The number of piperazine rings is 1. The standard InChI is InChI=1S/C22H28N4O3/c1-3-29-20-10-5-4-9-19(20)26-13-11-25(12-14-26)16-21(27)24-18-8-6-7-17(15-18)22(28)23-2/h4-10,15H,3,11-14,16H2,1-2H3,(H,23,28)(H,24,27)/p+1. The first-order chi connectivity index (χ1) is 14.1. The molecule has 7 nitrogen and oxygen atoms in total. The molecular formula is C22H29N4O3+. The number of para-hydroxylation sites is 2. The van der Waals surface area contributed by atoms with Crippen molar-refractivity contribution in [3.8, 4) is 5.75 Å². The van der Waals surface area contributed by atoms with Crippen LogP contribution in [0.1, 0.15) is 17.3 Å². The molecule has 2 aromatic rings. The molecule has 0 radical (unpaired) electrons. The van der Waals surface area contributed by atoms with Crippen molar-refractivity contribution < 1.29 is 19.2 Å². The second-order valence-corrected chi connectivity index (χ2v) is 7.02. The zero-order valence-corrected chi connectivity index (χ0v) is 17.0. The fourth-order valence-corrected chi connectivity index (χ4v) is 3.55. The Balaban J connectivity index is 1.52. The number of nitrogens with one attached hydrogen (secondary N) is 3. The molecule has 0 bridgehead atoms. The van der Waals surface area contributed by atoms with Crippen LogP contribution in [0, 0.1) is 0 Å². The predicted molar refractivity (Wildman–Crippen MR) is 114 cm³/mol. The van der Waals surface area contributed by atoms with Crippen LogP contribution >= 0.6 is 0 Å². The molecule has 0 aromatic heterocycles. The zero-order chi connectivity index (χ0) is 20.6. The monoisotopic (exact) mass is 397 g/mol. The molecule has 7 heteroatoms. The Morgan fingerprint density at radius 1 is 1.10 bits per heavy atom. The van der Waals surface area contributed by atoms with Crippen LogP contribution in [-0.4, -0.2) is 58.2 Å². The number of ether oxygens (including phenoxy) is 1. The van der Waals surface area contributed by atoms with Crippen LogP contribution in [0.3, 0.4) is 0 Å². The number of carbonyl (C=O) groups excluding carboxylic acids is 2. The third kappa shape index (κ3) is 5.48. The SMILES string of the molecule is CCOc1ccccc1N1CC[NH+](CC(=O)Nc2cccc(C(=O)NC)c2)CC1. The summed E-state index contributed by atoms with van der Waals surface area (Å²) in [7, 11) is 1.59. The number of rotatable bonds is 7. The van der Waals surface area contributed by atoms with E-state index in [4.69, 9.17) is 4.74 Å². The maximum atomic E-state index is 12.5. The van der Waals surface area contributed by atoms with Gasteiger partial charge in [-0.15, -0.1) is 0 Å². The second kappa shape index (κ2) is 9.93. The molecule has 1 aliphatic heterocycles. The van der Waals surface area contributed by atoms with E-state index in [0.717, 1.165) is 37.6 Å². The van der Waals surface area contributed by atoms with Gasteiger partial charge in [-0.25, -0.2) is 0 Å². The lowest BCUT2D eigenvalue weighted by molar-refractivity contribution is -0.892. The fraction of sp³-hybridized carbons (Fsp3) is 0.364. The Morgan fingerprint density at radius 2 is 1.86 bits per heavy atom. The number of hydrogen-bond acceptors (Lipinski definition) is 4. The topological polar surface area (TPSA) is 75.1 Å². The minimum Gasteiger partial charge on any atom is -0.492 e. The average molecular weight is 397 g/mol. The van der Waals surface area contributed by atoms with Crippen LogP contribution in [0.25, 0.3) is 0 Å². The summed E-state index contributed by atoms with van der Waals surface area (Å²) in [5.41, 5.74) is 2.28. The number of hydrogen-bond donors (Lipinski definition) is 3. The van der Waals surface area contributed by atoms with Gasteiger partial charge in [0, 0.05) is 18.3 Å². The van der Waals surface area contributed by atoms with Crippen molar-refractivity contribution in [2.45, 2.75) is 6.92 Å². The summed E-state index contributed by atoms with van der Waals surface area (Å²) in [6, 6.07) is 15.1. The molecule has 0 aliphatic carbocycles. The first-order valence-corrected chi connectivity index (χ1v) is 10.0. The summed E-state index contributed by atoms with van der Waals surface area (Å²) in [5.74, 6) is 0.694. The van der Waals surface area contributed by atoms with Gasteiger partial charge in [0.05, 0.1) is 38.5 Å². The fourth-order valence-electron chi connectivity index (χ4n) is 3.55. The average Bonchev–Trinajstić information content (AvgIpc) is 2.74. The number of anilines is 2. The van der Waals surface area contributed by atoms with Gasteiger partial charge in [-0.3, -0.25) is 9.59 Å². The van der Waals surface area contributed by atoms with E-state index in [1.54, 1.807) is 31.3 Å². The van der Waals surface area contributed by atoms with E-state index in [-0.39, 0.29) is 11.8 Å². The molecule has 0 spiro atoms. The van der Waals surface area contributed by atoms with Gasteiger partial charge in [0.1, 0.15) is 5.75 Å². The van der Waals surface area contributed by atoms with Gasteiger partial charge in [-0.1, -0.05) is 18.2 Å². The number of nitrogens with zero attached hydrogens (tertiary/aromatic N) is 1. The maximum absolute atomic E-state index is 12.5. The molecule has 2 aromatic carbocycles. The van der Waals surface area contributed by atoms with Gasteiger partial charge in [0.2, 0.25) is 0 Å². The van der Waals surface area contributed by atoms with Gasteiger partial charge in [-0.05, 0) is 37.3 Å². The molecule has 0 unspecified atom stereocenters. The second-order valence-electron chi connectivity index (χ2n) is 7.02. The predicted octanol–water partition coefficient (Wildman–Crippen LogP) is 0.789. The van der Waals surface area contributed by atoms with Gasteiger partial charge >= 0.3 is 0 Å². The van der Waals surface area contributed by atoms with Crippen LogP contribution in [0.4, 0.5) is 11.4 Å². The van der Waals surface area contributed by atoms with E-state index in [1.807, 2.05) is 25.1 Å². The molecule has 1 heterocycles. The van der Waals surface area contributed by atoms with Gasteiger partial charge < -0.3 is 25.2 Å². The number of benzene rings is 2. The molecule has 0 saturated carbocycles. The van der Waals surface area contributed by atoms with E-state index in [9.17, 15) is 9.59 Å². The Hall–Kier alpha value is -3.06. The lowest BCUT2D eigenvalue weighted by Crippen LogP contribution is -3.15. The highest BCUT2D eigenvalue weighted by Crippen LogP contribution is 2.27. The molecule has 154 valence electrons. The van der Waals surface area contributed by atoms with Crippen LogP contribution < -0.4 is 25.2 Å². The molecule has 0 atom stereocenters. The number of carbonyl (C=O) groups is 2. The quantitative estimate of drug-likeness (QED) is 0.646. The smallest absolute Gasteiger partial charge is 0.279 e. The Bertz CT molecular complexity index is 847. The van der Waals surface area contributed by atoms with Crippen molar-refractivity contribution in [1.82, 2.24) is 5.32 Å². The van der Waals surface area contributed by atoms with Gasteiger partial charge in [-0.2, -0.15) is 0 Å². The minimum absolute atomic E-state index is 0.0442. The van der Waals surface area contributed by atoms with E-state index in [0.29, 0.717) is 24.4 Å². The Morgan fingerprint density at radius 3 is 2.59 bits per heavy atom. The van der Waals surface area contributed by atoms with Crippen LogP contribution in [0.2, 0.25) is 0 Å². The summed E-state index contributed by atoms with van der Waals surface area (Å²) in [6.07, 6.45) is 0.